The summed E-state index contributed by atoms with van der Waals surface area (Å²) in [4.78, 5) is 18.7. The summed E-state index contributed by atoms with van der Waals surface area (Å²) >= 11 is 11.4. The second-order valence-corrected chi connectivity index (χ2v) is 9.42. The molecule has 31 heavy (non-hydrogen) atoms. The molecular weight excluding hydrogens is 436 g/mol. The fourth-order valence-electron chi connectivity index (χ4n) is 4.51. The summed E-state index contributed by atoms with van der Waals surface area (Å²) in [5.74, 6) is 0.848. The lowest BCUT2D eigenvalue weighted by molar-refractivity contribution is -0.000270. The number of carbonyl (C=O) groups is 1. The van der Waals surface area contributed by atoms with Crippen LogP contribution in [0.3, 0.4) is 0 Å². The Hall–Kier alpha value is -1.61. The van der Waals surface area contributed by atoms with Crippen molar-refractivity contribution in [2.75, 3.05) is 52.7 Å². The van der Waals surface area contributed by atoms with Crippen molar-refractivity contribution in [3.05, 3.63) is 22.7 Å². The van der Waals surface area contributed by atoms with Crippen molar-refractivity contribution in [3.8, 4) is 5.75 Å². The quantitative estimate of drug-likeness (QED) is 0.490. The Morgan fingerprint density at radius 3 is 2.58 bits per heavy atom. The maximum Gasteiger partial charge on any atom is 0.255 e. The molecule has 3 rings (SSSR count). The molecule has 2 unspecified atom stereocenters. The molecular formula is C22H33ClN4O3S. The number of nitrogens with two attached hydrogens (primary N) is 1. The number of nitrogen functional groups attached to an aromatic ring is 1. The Morgan fingerprint density at radius 1 is 1.26 bits per heavy atom. The first kappa shape index (κ1) is 24.0. The van der Waals surface area contributed by atoms with Gasteiger partial charge in [-0.15, -0.1) is 0 Å². The van der Waals surface area contributed by atoms with Crippen molar-refractivity contribution in [2.45, 2.75) is 38.3 Å². The monoisotopic (exact) mass is 468 g/mol. The van der Waals surface area contributed by atoms with Crippen LogP contribution in [0.25, 0.3) is 0 Å². The van der Waals surface area contributed by atoms with E-state index < -0.39 is 0 Å². The third kappa shape index (κ3) is 6.00. The van der Waals surface area contributed by atoms with Gasteiger partial charge in [0.25, 0.3) is 5.91 Å². The number of anilines is 1. The Kier molecular flexibility index (Phi) is 8.38. The largest absolute Gasteiger partial charge is 0.496 e. The van der Waals surface area contributed by atoms with Gasteiger partial charge in [0, 0.05) is 45.9 Å². The average molecular weight is 469 g/mol. The number of nitrogens with zero attached hydrogens (tertiary/aromatic N) is 2. The lowest BCUT2D eigenvalue weighted by Gasteiger charge is -2.41. The molecule has 2 atom stereocenters. The summed E-state index contributed by atoms with van der Waals surface area (Å²) in [5, 5.41) is 3.44. The third-order valence-electron chi connectivity index (χ3n) is 6.40. The lowest BCUT2D eigenvalue weighted by Crippen LogP contribution is -2.55. The van der Waals surface area contributed by atoms with Crippen LogP contribution in [-0.2, 0) is 4.74 Å². The zero-order valence-corrected chi connectivity index (χ0v) is 20.1. The van der Waals surface area contributed by atoms with E-state index in [4.69, 9.17) is 39.0 Å². The average Bonchev–Trinajstić information content (AvgIpc) is 2.76. The van der Waals surface area contributed by atoms with Crippen LogP contribution in [0.1, 0.15) is 36.5 Å². The Labute approximate surface area is 195 Å². The van der Waals surface area contributed by atoms with Crippen molar-refractivity contribution in [2.24, 2.45) is 5.92 Å². The smallest absolute Gasteiger partial charge is 0.255 e. The minimum Gasteiger partial charge on any atom is -0.496 e. The number of methoxy groups -OCH3 is 2. The number of nitrogens with one attached hydrogen (secondary N) is 1. The second-order valence-electron chi connectivity index (χ2n) is 8.43. The van der Waals surface area contributed by atoms with Crippen LogP contribution >= 0.6 is 23.8 Å². The standard InChI is InChI=1S/C22H33ClN4O3S/c1-14(31)27-8-4-15(5-9-27)12-26-7-6-19(21(13-26)30-3)25-22(28)16-10-17(23)18(24)11-20(16)29-2/h10-11,15,19,21H,4-9,12-13,24H2,1-3H3,(H,25,28). The minimum atomic E-state index is -0.234. The maximum atomic E-state index is 12.9. The molecule has 2 aliphatic heterocycles. The Bertz CT molecular complexity index is 801. The van der Waals surface area contributed by atoms with E-state index in [1.54, 1.807) is 19.2 Å². The van der Waals surface area contributed by atoms with Crippen LogP contribution in [-0.4, -0.2) is 79.8 Å². The van der Waals surface area contributed by atoms with Crippen molar-refractivity contribution in [1.82, 2.24) is 15.1 Å². The molecule has 1 aromatic carbocycles. The number of benzene rings is 1. The fraction of sp³-hybridized carbons (Fsp3) is 0.636. The van der Waals surface area contributed by atoms with Crippen LogP contribution in [0.2, 0.25) is 5.02 Å². The van der Waals surface area contributed by atoms with Crippen LogP contribution in [0.5, 0.6) is 5.75 Å². The molecule has 7 nitrogen and oxygen atoms in total. The zero-order valence-electron chi connectivity index (χ0n) is 18.5. The van der Waals surface area contributed by atoms with Crippen LogP contribution in [0.4, 0.5) is 5.69 Å². The van der Waals surface area contributed by atoms with E-state index in [2.05, 4.69) is 15.1 Å². The van der Waals surface area contributed by atoms with Gasteiger partial charge < -0.3 is 30.3 Å². The maximum absolute atomic E-state index is 12.9. The van der Waals surface area contributed by atoms with E-state index in [0.717, 1.165) is 44.1 Å². The molecule has 2 saturated heterocycles. The van der Waals surface area contributed by atoms with E-state index in [9.17, 15) is 4.79 Å². The van der Waals surface area contributed by atoms with Crippen molar-refractivity contribution in [3.63, 3.8) is 0 Å². The van der Waals surface area contributed by atoms with Gasteiger partial charge in [0.15, 0.2) is 0 Å². The number of likely N-dealkylation sites (tertiary alicyclic amines) is 2. The molecule has 2 fully saturated rings. The molecule has 9 heteroatoms. The van der Waals surface area contributed by atoms with Gasteiger partial charge >= 0.3 is 0 Å². The summed E-state index contributed by atoms with van der Waals surface area (Å²) in [6.45, 7) is 6.89. The van der Waals surface area contributed by atoms with Gasteiger partial charge in [0.05, 0.1) is 40.5 Å². The van der Waals surface area contributed by atoms with E-state index in [1.807, 2.05) is 6.92 Å². The molecule has 3 N–H and O–H groups in total. The number of rotatable bonds is 6. The van der Waals surface area contributed by atoms with Crippen LogP contribution in [0, 0.1) is 5.92 Å². The highest BCUT2D eigenvalue weighted by molar-refractivity contribution is 7.80. The molecule has 1 amide bonds. The molecule has 0 saturated carbocycles. The SMILES string of the molecule is COc1cc(N)c(Cl)cc1C(=O)NC1CCN(CC2CCN(C(C)=S)CC2)CC1OC. The van der Waals surface area contributed by atoms with Crippen molar-refractivity contribution in [1.29, 1.82) is 0 Å². The molecule has 172 valence electrons. The van der Waals surface area contributed by atoms with Crippen LogP contribution < -0.4 is 15.8 Å². The van der Waals surface area contributed by atoms with Gasteiger partial charge in [-0.1, -0.05) is 23.8 Å². The van der Waals surface area contributed by atoms with Crippen molar-refractivity contribution < 1.29 is 14.3 Å². The summed E-state index contributed by atoms with van der Waals surface area (Å²) in [5.41, 5.74) is 6.58. The highest BCUT2D eigenvalue weighted by Crippen LogP contribution is 2.29. The summed E-state index contributed by atoms with van der Waals surface area (Å²) in [6.07, 6.45) is 3.09. The first-order chi connectivity index (χ1) is 14.8. The normalized spacial score (nSPS) is 22.9. The van der Waals surface area contributed by atoms with Crippen LogP contribution in [0.15, 0.2) is 12.1 Å². The Balaban J connectivity index is 1.56. The molecule has 0 bridgehead atoms. The highest BCUT2D eigenvalue weighted by atomic mass is 35.5. The number of thiocarbonyl (C=S) groups is 1. The topological polar surface area (TPSA) is 80.1 Å². The number of halogens is 1. The van der Waals surface area contributed by atoms with Gasteiger partial charge in [-0.25, -0.2) is 0 Å². The van der Waals surface area contributed by atoms with Gasteiger partial charge in [-0.2, -0.15) is 0 Å². The van der Waals surface area contributed by atoms with E-state index in [1.165, 1.54) is 20.0 Å². The highest BCUT2D eigenvalue weighted by Gasteiger charge is 2.32. The van der Waals surface area contributed by atoms with Gasteiger partial charge in [-0.3, -0.25) is 4.79 Å². The molecule has 0 aliphatic carbocycles. The molecule has 1 aromatic rings. The van der Waals surface area contributed by atoms with E-state index in [0.29, 0.717) is 27.9 Å². The van der Waals surface area contributed by atoms with E-state index >= 15 is 0 Å². The molecule has 0 radical (unpaired) electrons. The molecule has 0 aromatic heterocycles. The van der Waals surface area contributed by atoms with Gasteiger partial charge in [0.1, 0.15) is 5.75 Å². The van der Waals surface area contributed by atoms with E-state index in [-0.39, 0.29) is 18.1 Å². The third-order valence-corrected chi connectivity index (χ3v) is 6.99. The Morgan fingerprint density at radius 2 is 1.97 bits per heavy atom. The number of ether oxygens (including phenoxy) is 2. The number of hydrogen-bond donors (Lipinski definition) is 2. The molecule has 0 spiro atoms. The number of hydrogen-bond acceptors (Lipinski definition) is 6. The lowest BCUT2D eigenvalue weighted by atomic mass is 9.94. The zero-order chi connectivity index (χ0) is 22.5. The summed E-state index contributed by atoms with van der Waals surface area (Å²) < 4.78 is 11.1. The molecule has 2 aliphatic rings. The minimum absolute atomic E-state index is 0.0729. The first-order valence-electron chi connectivity index (χ1n) is 10.8. The summed E-state index contributed by atoms with van der Waals surface area (Å²) in [7, 11) is 3.21. The molecule has 2 heterocycles. The first-order valence-corrected chi connectivity index (χ1v) is 11.6. The fourth-order valence-corrected chi connectivity index (χ4v) is 4.85. The predicted molar refractivity (Wildman–Crippen MR) is 128 cm³/mol. The van der Waals surface area contributed by atoms with Gasteiger partial charge in [-0.05, 0) is 38.2 Å². The van der Waals surface area contributed by atoms with Crippen molar-refractivity contribution >= 4 is 40.4 Å². The number of piperidine rings is 2. The number of amides is 1. The number of carbonyl (C=O) groups excluding carboxylic acids is 1. The summed E-state index contributed by atoms with van der Waals surface area (Å²) in [6, 6.07) is 3.05. The van der Waals surface area contributed by atoms with Gasteiger partial charge in [0.2, 0.25) is 0 Å². The second kappa shape index (κ2) is 10.8. The predicted octanol–water partition coefficient (Wildman–Crippen LogP) is 2.81.